The van der Waals surface area contributed by atoms with E-state index in [4.69, 9.17) is 9.47 Å². The molecular formula is C29H27F2N7O4. The molecule has 11 nitrogen and oxygen atoms in total. The van der Waals surface area contributed by atoms with Gasteiger partial charge < -0.3 is 19.7 Å². The van der Waals surface area contributed by atoms with Crippen LogP contribution in [0.4, 0.5) is 19.3 Å². The Bertz CT molecular complexity index is 1650. The molecule has 0 bridgehead atoms. The Morgan fingerprint density at radius 2 is 1.86 bits per heavy atom. The van der Waals surface area contributed by atoms with Crippen molar-refractivity contribution in [1.29, 1.82) is 0 Å². The van der Waals surface area contributed by atoms with E-state index in [9.17, 15) is 14.0 Å². The minimum Gasteiger partial charge on any atom is -0.473 e. The number of aromatic amines is 1. The van der Waals surface area contributed by atoms with E-state index in [0.717, 1.165) is 32.0 Å². The zero-order valence-electron chi connectivity index (χ0n) is 22.6. The highest BCUT2D eigenvalue weighted by molar-refractivity contribution is 6.05. The number of H-pyrrole nitrogens is 1. The first-order valence-corrected chi connectivity index (χ1v) is 13.4. The number of urea groups is 1. The standard InChI is InChI=1S/C29H27F2N7O4/c1-37-14-10-20(11-15-37)41-27-25-24(9-12-32-26(25)35-36-27)42-23-7-6-19(16-22(23)31)34-29(40)38-28(39)21(8-13-33-38)17-2-4-18(30)5-3-17/h2-7,9,12-13,16,20-21H,8,10-11,14-15H2,1H3,(H,34,40)(H,32,35,36). The topological polar surface area (TPSA) is 125 Å². The van der Waals surface area contributed by atoms with Gasteiger partial charge in [0.2, 0.25) is 5.88 Å². The first kappa shape index (κ1) is 27.3. The Morgan fingerprint density at radius 1 is 1.07 bits per heavy atom. The van der Waals surface area contributed by atoms with Crippen LogP contribution >= 0.6 is 0 Å². The number of nitrogens with zero attached hydrogens (tertiary/aromatic N) is 5. The Hall–Kier alpha value is -4.91. The number of halogens is 2. The normalized spacial score (nSPS) is 17.9. The van der Waals surface area contributed by atoms with Crippen LogP contribution in [-0.2, 0) is 4.79 Å². The van der Waals surface area contributed by atoms with Crippen LogP contribution in [0.25, 0.3) is 11.0 Å². The van der Waals surface area contributed by atoms with Gasteiger partial charge in [-0.15, -0.1) is 10.1 Å². The summed E-state index contributed by atoms with van der Waals surface area (Å²) in [5, 5.41) is 14.6. The van der Waals surface area contributed by atoms with E-state index in [1.54, 1.807) is 6.07 Å². The molecule has 1 saturated heterocycles. The molecule has 1 atom stereocenters. The Labute approximate surface area is 239 Å². The Balaban J connectivity index is 1.15. The van der Waals surface area contributed by atoms with Crippen LogP contribution in [0.2, 0.25) is 0 Å². The summed E-state index contributed by atoms with van der Waals surface area (Å²) in [4.78, 5) is 32.3. The minimum absolute atomic E-state index is 0.0116. The van der Waals surface area contributed by atoms with Crippen molar-refractivity contribution < 1.29 is 27.8 Å². The molecule has 0 saturated carbocycles. The molecule has 4 aromatic rings. The third-order valence-electron chi connectivity index (χ3n) is 7.25. The summed E-state index contributed by atoms with van der Waals surface area (Å²) in [6.45, 7) is 1.83. The molecule has 4 heterocycles. The largest absolute Gasteiger partial charge is 0.473 e. The van der Waals surface area contributed by atoms with E-state index in [2.05, 4.69) is 37.5 Å². The molecule has 3 amide bonds. The van der Waals surface area contributed by atoms with Gasteiger partial charge in [-0.1, -0.05) is 12.1 Å². The van der Waals surface area contributed by atoms with E-state index in [0.29, 0.717) is 33.2 Å². The molecule has 42 heavy (non-hydrogen) atoms. The zero-order chi connectivity index (χ0) is 29.2. The molecule has 0 spiro atoms. The van der Waals surface area contributed by atoms with E-state index in [1.807, 2.05) is 0 Å². The van der Waals surface area contributed by atoms with Gasteiger partial charge in [0.25, 0.3) is 5.91 Å². The average Bonchev–Trinajstić information content (AvgIpc) is 3.40. The van der Waals surface area contributed by atoms with Crippen molar-refractivity contribution in [3.63, 3.8) is 0 Å². The minimum atomic E-state index is -0.860. The number of imide groups is 1. The van der Waals surface area contributed by atoms with E-state index >= 15 is 4.39 Å². The number of hydrogen-bond donors (Lipinski definition) is 2. The number of pyridine rings is 1. The van der Waals surface area contributed by atoms with Crippen LogP contribution in [0.1, 0.15) is 30.7 Å². The van der Waals surface area contributed by atoms with Crippen LogP contribution in [0.5, 0.6) is 17.4 Å². The number of ether oxygens (including phenoxy) is 2. The fraction of sp³-hybridized carbons (Fsp3) is 0.276. The van der Waals surface area contributed by atoms with E-state index in [1.165, 1.54) is 48.8 Å². The first-order chi connectivity index (χ1) is 20.4. The van der Waals surface area contributed by atoms with E-state index < -0.39 is 29.5 Å². The number of carbonyl (C=O) groups is 2. The maximum Gasteiger partial charge on any atom is 0.349 e. The number of hydrogen-bond acceptors (Lipinski definition) is 8. The van der Waals surface area contributed by atoms with Crippen LogP contribution < -0.4 is 14.8 Å². The molecule has 0 radical (unpaired) electrons. The van der Waals surface area contributed by atoms with Crippen molar-refractivity contribution in [1.82, 2.24) is 25.1 Å². The number of aromatic nitrogens is 3. The maximum atomic E-state index is 15.2. The monoisotopic (exact) mass is 575 g/mol. The fourth-order valence-electron chi connectivity index (χ4n) is 4.95. The maximum absolute atomic E-state index is 15.2. The summed E-state index contributed by atoms with van der Waals surface area (Å²) in [5.41, 5.74) is 1.08. The number of benzene rings is 2. The third kappa shape index (κ3) is 5.63. The lowest BCUT2D eigenvalue weighted by molar-refractivity contribution is -0.130. The van der Waals surface area contributed by atoms with Crippen LogP contribution in [-0.4, -0.2) is 69.5 Å². The van der Waals surface area contributed by atoms with Gasteiger partial charge in [0.1, 0.15) is 23.1 Å². The predicted octanol–water partition coefficient (Wildman–Crippen LogP) is 5.04. The van der Waals surface area contributed by atoms with Gasteiger partial charge >= 0.3 is 6.03 Å². The number of hydrazone groups is 1. The fourth-order valence-corrected chi connectivity index (χ4v) is 4.95. The third-order valence-corrected chi connectivity index (χ3v) is 7.25. The van der Waals surface area contributed by atoms with E-state index in [-0.39, 0.29) is 24.0 Å². The van der Waals surface area contributed by atoms with Gasteiger partial charge in [0, 0.05) is 49.7 Å². The molecule has 13 heteroatoms. The molecular weight excluding hydrogens is 548 g/mol. The molecule has 2 aliphatic rings. The van der Waals surface area contributed by atoms with Crippen LogP contribution in [0.15, 0.2) is 59.8 Å². The second-order valence-corrected chi connectivity index (χ2v) is 10.1. The number of likely N-dealkylation sites (tertiary alicyclic amines) is 1. The Morgan fingerprint density at radius 3 is 2.62 bits per heavy atom. The van der Waals surface area contributed by atoms with Crippen LogP contribution in [0, 0.1) is 11.6 Å². The smallest absolute Gasteiger partial charge is 0.349 e. The highest BCUT2D eigenvalue weighted by Crippen LogP contribution is 2.36. The highest BCUT2D eigenvalue weighted by atomic mass is 19.1. The van der Waals surface area contributed by atoms with Crippen molar-refractivity contribution >= 4 is 34.9 Å². The number of piperidine rings is 1. The predicted molar refractivity (Wildman–Crippen MR) is 150 cm³/mol. The summed E-state index contributed by atoms with van der Waals surface area (Å²) in [7, 11) is 2.06. The first-order valence-electron chi connectivity index (χ1n) is 13.4. The lowest BCUT2D eigenvalue weighted by Gasteiger charge is -2.28. The summed E-state index contributed by atoms with van der Waals surface area (Å²) in [6.07, 6.45) is 4.90. The molecule has 216 valence electrons. The van der Waals surface area contributed by atoms with Gasteiger partial charge in [-0.05, 0) is 49.7 Å². The zero-order valence-corrected chi connectivity index (χ0v) is 22.6. The van der Waals surface area contributed by atoms with Crippen molar-refractivity contribution in [2.24, 2.45) is 5.10 Å². The average molecular weight is 576 g/mol. The summed E-state index contributed by atoms with van der Waals surface area (Å²) < 4.78 is 40.5. The molecule has 2 aliphatic heterocycles. The molecule has 6 rings (SSSR count). The van der Waals surface area contributed by atoms with Gasteiger partial charge in [-0.2, -0.15) is 5.10 Å². The van der Waals surface area contributed by atoms with Gasteiger partial charge in [-0.25, -0.2) is 18.6 Å². The quantitative estimate of drug-likeness (QED) is 0.330. The number of anilines is 1. The van der Waals surface area contributed by atoms with Crippen molar-refractivity contribution in [2.45, 2.75) is 31.3 Å². The summed E-state index contributed by atoms with van der Waals surface area (Å²) in [5.74, 6) is -1.94. The summed E-state index contributed by atoms with van der Waals surface area (Å²) >= 11 is 0. The SMILES string of the molecule is CN1CCC(Oc2n[nH]c3nccc(Oc4ccc(NC(=O)N5N=CCC(c6ccc(F)cc6)C5=O)cc4F)c23)CC1. The number of carbonyl (C=O) groups excluding carboxylic acids is 2. The van der Waals surface area contributed by atoms with Gasteiger partial charge in [0.05, 0.1) is 5.92 Å². The lowest BCUT2D eigenvalue weighted by atomic mass is 9.94. The molecule has 2 aromatic carbocycles. The van der Waals surface area contributed by atoms with Gasteiger partial charge in [0.15, 0.2) is 17.2 Å². The highest BCUT2D eigenvalue weighted by Gasteiger charge is 2.33. The second-order valence-electron chi connectivity index (χ2n) is 10.1. The molecule has 1 fully saturated rings. The van der Waals surface area contributed by atoms with Gasteiger partial charge in [-0.3, -0.25) is 9.89 Å². The van der Waals surface area contributed by atoms with Crippen molar-refractivity contribution in [3.05, 3.63) is 71.9 Å². The van der Waals surface area contributed by atoms with Crippen molar-refractivity contribution in [3.8, 4) is 17.4 Å². The molecule has 2 aromatic heterocycles. The second kappa shape index (κ2) is 11.5. The molecule has 0 aliphatic carbocycles. The van der Waals surface area contributed by atoms with Crippen molar-refractivity contribution in [2.75, 3.05) is 25.5 Å². The van der Waals surface area contributed by atoms with Crippen LogP contribution in [0.3, 0.4) is 0 Å². The number of fused-ring (bicyclic) bond motifs is 1. The number of rotatable bonds is 6. The molecule has 1 unspecified atom stereocenters. The summed E-state index contributed by atoms with van der Waals surface area (Å²) in [6, 6.07) is 10.1. The number of amides is 3. The lowest BCUT2D eigenvalue weighted by Crippen LogP contribution is -2.41. The molecule has 2 N–H and O–H groups in total. The number of nitrogens with one attached hydrogen (secondary N) is 2. The Kier molecular flexibility index (Phi) is 7.48.